The zero-order chi connectivity index (χ0) is 24.0. The fraction of sp³-hybridized carbons (Fsp3) is 0.214. The second-order valence-corrected chi connectivity index (χ2v) is 8.52. The molecule has 0 bridgehead atoms. The van der Waals surface area contributed by atoms with Crippen LogP contribution in [0.15, 0.2) is 85.2 Å². The molecule has 3 heterocycles. The highest BCUT2D eigenvalue weighted by Gasteiger charge is 2.27. The molecule has 1 atom stereocenters. The fourth-order valence-corrected chi connectivity index (χ4v) is 4.49. The lowest BCUT2D eigenvalue weighted by atomic mass is 9.93. The van der Waals surface area contributed by atoms with E-state index in [1.165, 1.54) is 0 Å². The van der Waals surface area contributed by atoms with Gasteiger partial charge >= 0.3 is 0 Å². The normalized spacial score (nSPS) is 15.5. The third-order valence-corrected chi connectivity index (χ3v) is 6.21. The van der Waals surface area contributed by atoms with Crippen molar-refractivity contribution in [1.29, 1.82) is 0 Å². The number of methoxy groups -OCH3 is 1. The second-order valence-electron chi connectivity index (χ2n) is 8.52. The van der Waals surface area contributed by atoms with Crippen molar-refractivity contribution >= 4 is 17.5 Å². The zero-order valence-electron chi connectivity index (χ0n) is 19.6. The number of likely N-dealkylation sites (tertiary alicyclic amines) is 1. The summed E-state index contributed by atoms with van der Waals surface area (Å²) in [4.78, 5) is 28.7. The average molecular weight is 466 g/mol. The molecule has 0 aliphatic carbocycles. The van der Waals surface area contributed by atoms with Gasteiger partial charge in [0.05, 0.1) is 12.8 Å². The Labute approximate surface area is 204 Å². The molecule has 4 aromatic rings. The Morgan fingerprint density at radius 3 is 2.69 bits per heavy atom. The van der Waals surface area contributed by atoms with Crippen LogP contribution in [0.1, 0.15) is 34.8 Å². The highest BCUT2D eigenvalue weighted by molar-refractivity contribution is 5.95. The molecule has 5 rings (SSSR count). The number of nitrogens with zero attached hydrogens (tertiary/aromatic N) is 4. The van der Waals surface area contributed by atoms with Crippen LogP contribution in [0, 0.1) is 0 Å². The quantitative estimate of drug-likeness (QED) is 0.416. The number of amides is 1. The molecule has 176 valence electrons. The van der Waals surface area contributed by atoms with E-state index in [1.54, 1.807) is 25.6 Å². The number of hydrogen-bond acceptors (Lipinski definition) is 6. The van der Waals surface area contributed by atoms with Crippen LogP contribution in [-0.4, -0.2) is 46.0 Å². The first-order chi connectivity index (χ1) is 17.2. The highest BCUT2D eigenvalue weighted by Crippen LogP contribution is 2.32. The number of piperidine rings is 1. The maximum atomic E-state index is 13.4. The maximum Gasteiger partial charge on any atom is 0.253 e. The lowest BCUT2D eigenvalue weighted by Gasteiger charge is -2.33. The molecule has 1 amide bonds. The number of rotatable bonds is 6. The van der Waals surface area contributed by atoms with Crippen molar-refractivity contribution in [3.05, 3.63) is 96.4 Å². The standard InChI is InChI=1S/C28H27N5O2/c1-35-26-14-3-2-11-23(26)25-13-5-12-24(32-25)21-9-6-17-33(19-21)27(34)20-8-4-10-22(18-20)31-28-29-15-7-16-30-28/h2-5,7-8,10-16,18,21H,6,9,17,19H2,1H3,(H,29,30,31). The van der Waals surface area contributed by atoms with Crippen LogP contribution >= 0.6 is 0 Å². The van der Waals surface area contributed by atoms with Crippen LogP contribution in [0.4, 0.5) is 11.6 Å². The molecule has 1 saturated heterocycles. The molecule has 1 fully saturated rings. The van der Waals surface area contributed by atoms with Gasteiger partial charge in [0.2, 0.25) is 5.95 Å². The number of carbonyl (C=O) groups excluding carboxylic acids is 1. The minimum atomic E-state index is 0.0215. The molecule has 7 heteroatoms. The summed E-state index contributed by atoms with van der Waals surface area (Å²) in [5.41, 5.74) is 4.27. The van der Waals surface area contributed by atoms with Crippen molar-refractivity contribution < 1.29 is 9.53 Å². The van der Waals surface area contributed by atoms with Crippen molar-refractivity contribution in [2.24, 2.45) is 0 Å². The van der Waals surface area contributed by atoms with Gasteiger partial charge in [0.25, 0.3) is 5.91 Å². The van der Waals surface area contributed by atoms with Crippen LogP contribution in [0.2, 0.25) is 0 Å². The summed E-state index contributed by atoms with van der Waals surface area (Å²) in [7, 11) is 1.67. The third kappa shape index (κ3) is 5.14. The average Bonchev–Trinajstić information content (AvgIpc) is 2.93. The van der Waals surface area contributed by atoms with Gasteiger partial charge in [-0.1, -0.05) is 24.3 Å². The number of pyridine rings is 1. The Balaban J connectivity index is 1.33. The van der Waals surface area contributed by atoms with Gasteiger partial charge in [0.15, 0.2) is 0 Å². The number of aromatic nitrogens is 3. The van der Waals surface area contributed by atoms with E-state index in [2.05, 4.69) is 21.4 Å². The molecule has 7 nitrogen and oxygen atoms in total. The van der Waals surface area contributed by atoms with Crippen molar-refractivity contribution in [1.82, 2.24) is 19.9 Å². The van der Waals surface area contributed by atoms with E-state index < -0.39 is 0 Å². The van der Waals surface area contributed by atoms with Crippen molar-refractivity contribution in [2.45, 2.75) is 18.8 Å². The van der Waals surface area contributed by atoms with Crippen molar-refractivity contribution in [2.75, 3.05) is 25.5 Å². The molecule has 1 aliphatic rings. The SMILES string of the molecule is COc1ccccc1-c1cccc(C2CCCN(C(=O)c3cccc(Nc4ncccn4)c3)C2)n1. The van der Waals surface area contributed by atoms with Gasteiger partial charge in [-0.25, -0.2) is 9.97 Å². The van der Waals surface area contributed by atoms with Gasteiger partial charge in [-0.05, 0) is 61.4 Å². The molecule has 35 heavy (non-hydrogen) atoms. The molecule has 1 N–H and O–H groups in total. The van der Waals surface area contributed by atoms with Crippen LogP contribution in [-0.2, 0) is 0 Å². The minimum Gasteiger partial charge on any atom is -0.496 e. The van der Waals surface area contributed by atoms with Crippen LogP contribution < -0.4 is 10.1 Å². The van der Waals surface area contributed by atoms with Gasteiger partial charge in [0, 0.05) is 53.9 Å². The second kappa shape index (κ2) is 10.3. The number of para-hydroxylation sites is 1. The van der Waals surface area contributed by atoms with E-state index in [4.69, 9.17) is 9.72 Å². The Bertz CT molecular complexity index is 1310. The summed E-state index contributed by atoms with van der Waals surface area (Å²) in [6.45, 7) is 1.38. The molecule has 1 aliphatic heterocycles. The van der Waals surface area contributed by atoms with Crippen LogP contribution in [0.5, 0.6) is 5.75 Å². The Morgan fingerprint density at radius 2 is 1.83 bits per heavy atom. The summed E-state index contributed by atoms with van der Waals surface area (Å²) in [5.74, 6) is 1.50. The summed E-state index contributed by atoms with van der Waals surface area (Å²) >= 11 is 0. The molecule has 0 saturated carbocycles. The lowest BCUT2D eigenvalue weighted by Crippen LogP contribution is -2.39. The highest BCUT2D eigenvalue weighted by atomic mass is 16.5. The Kier molecular flexibility index (Phi) is 6.66. The molecule has 2 aromatic carbocycles. The minimum absolute atomic E-state index is 0.0215. The first-order valence-electron chi connectivity index (χ1n) is 11.7. The van der Waals surface area contributed by atoms with Gasteiger partial charge in [-0.15, -0.1) is 0 Å². The predicted octanol–water partition coefficient (Wildman–Crippen LogP) is 5.31. The third-order valence-electron chi connectivity index (χ3n) is 6.21. The molecular formula is C28H27N5O2. The van der Waals surface area contributed by atoms with E-state index in [0.717, 1.165) is 47.8 Å². The topological polar surface area (TPSA) is 80.2 Å². The van der Waals surface area contributed by atoms with E-state index in [1.807, 2.05) is 65.6 Å². The van der Waals surface area contributed by atoms with Crippen molar-refractivity contribution in [3.63, 3.8) is 0 Å². The number of benzene rings is 2. The predicted molar refractivity (Wildman–Crippen MR) is 136 cm³/mol. The molecular weight excluding hydrogens is 438 g/mol. The Hall–Kier alpha value is -4.26. The number of nitrogens with one attached hydrogen (secondary N) is 1. The Morgan fingerprint density at radius 1 is 1.00 bits per heavy atom. The molecule has 1 unspecified atom stereocenters. The van der Waals surface area contributed by atoms with Crippen LogP contribution in [0.3, 0.4) is 0 Å². The number of anilines is 2. The maximum absolute atomic E-state index is 13.4. The fourth-order valence-electron chi connectivity index (χ4n) is 4.49. The molecule has 0 spiro atoms. The molecule has 2 aromatic heterocycles. The monoisotopic (exact) mass is 465 g/mol. The summed E-state index contributed by atoms with van der Waals surface area (Å²) < 4.78 is 5.52. The number of ether oxygens (including phenoxy) is 1. The summed E-state index contributed by atoms with van der Waals surface area (Å²) in [5, 5.41) is 3.15. The smallest absolute Gasteiger partial charge is 0.253 e. The lowest BCUT2D eigenvalue weighted by molar-refractivity contribution is 0.0706. The van der Waals surface area contributed by atoms with E-state index >= 15 is 0 Å². The van der Waals surface area contributed by atoms with E-state index in [-0.39, 0.29) is 11.8 Å². The van der Waals surface area contributed by atoms with Crippen molar-refractivity contribution in [3.8, 4) is 17.0 Å². The number of carbonyl (C=O) groups is 1. The van der Waals surface area contributed by atoms with Gasteiger partial charge in [-0.2, -0.15) is 0 Å². The largest absolute Gasteiger partial charge is 0.496 e. The summed E-state index contributed by atoms with van der Waals surface area (Å²) in [6.07, 6.45) is 5.29. The van der Waals surface area contributed by atoms with Gasteiger partial charge in [-0.3, -0.25) is 9.78 Å². The van der Waals surface area contributed by atoms with Gasteiger partial charge in [0.1, 0.15) is 5.75 Å². The van der Waals surface area contributed by atoms with Crippen LogP contribution in [0.25, 0.3) is 11.3 Å². The van der Waals surface area contributed by atoms with E-state index in [9.17, 15) is 4.79 Å². The van der Waals surface area contributed by atoms with Gasteiger partial charge < -0.3 is 15.0 Å². The molecule has 0 radical (unpaired) electrons. The zero-order valence-corrected chi connectivity index (χ0v) is 19.6. The number of hydrogen-bond donors (Lipinski definition) is 1. The summed E-state index contributed by atoms with van der Waals surface area (Å²) in [6, 6.07) is 23.2. The first-order valence-corrected chi connectivity index (χ1v) is 11.7. The first kappa shape index (κ1) is 22.5. The van der Waals surface area contributed by atoms with E-state index in [0.29, 0.717) is 18.1 Å².